The van der Waals surface area contributed by atoms with E-state index in [0.717, 1.165) is 25.8 Å². The van der Waals surface area contributed by atoms with Crippen molar-refractivity contribution in [2.24, 2.45) is 5.92 Å². The summed E-state index contributed by atoms with van der Waals surface area (Å²) in [5.41, 5.74) is 0.918. The molecule has 92 valence electrons. The second-order valence-corrected chi connectivity index (χ2v) is 5.55. The van der Waals surface area contributed by atoms with Crippen molar-refractivity contribution in [2.75, 3.05) is 6.54 Å². The molecule has 0 spiro atoms. The maximum absolute atomic E-state index is 10.8. The van der Waals surface area contributed by atoms with Gasteiger partial charge in [0.15, 0.2) is 0 Å². The molecule has 1 aliphatic heterocycles. The number of piperidine rings is 1. The zero-order valence-corrected chi connectivity index (χ0v) is 10.2. The molecule has 1 heterocycles. The van der Waals surface area contributed by atoms with Crippen LogP contribution in [0.15, 0.2) is 30.3 Å². The number of rotatable bonds is 1. The second kappa shape index (κ2) is 4.43. The Morgan fingerprint density at radius 2 is 1.94 bits per heavy atom. The Bertz CT molecular complexity index is 374. The molecule has 3 rings (SSSR count). The van der Waals surface area contributed by atoms with Gasteiger partial charge in [0, 0.05) is 12.0 Å². The predicted octanol–water partition coefficient (Wildman–Crippen LogP) is 2.64. The lowest BCUT2D eigenvalue weighted by Crippen LogP contribution is -2.53. The van der Waals surface area contributed by atoms with Crippen LogP contribution < -0.4 is 5.32 Å². The molecule has 1 saturated carbocycles. The van der Waals surface area contributed by atoms with Gasteiger partial charge in [0.1, 0.15) is 0 Å². The normalized spacial score (nSPS) is 37.5. The van der Waals surface area contributed by atoms with Crippen LogP contribution in [0.4, 0.5) is 0 Å². The highest BCUT2D eigenvalue weighted by Crippen LogP contribution is 2.45. The Labute approximate surface area is 103 Å². The van der Waals surface area contributed by atoms with Gasteiger partial charge in [0.05, 0.1) is 5.60 Å². The van der Waals surface area contributed by atoms with Crippen LogP contribution in [0.2, 0.25) is 0 Å². The van der Waals surface area contributed by atoms with E-state index < -0.39 is 5.60 Å². The molecule has 0 radical (unpaired) electrons. The van der Waals surface area contributed by atoms with E-state index in [1.165, 1.54) is 18.4 Å². The molecule has 2 heteroatoms. The van der Waals surface area contributed by atoms with E-state index >= 15 is 0 Å². The topological polar surface area (TPSA) is 32.3 Å². The van der Waals surface area contributed by atoms with Crippen LogP contribution in [0.25, 0.3) is 0 Å². The number of hydrogen-bond donors (Lipinski definition) is 2. The van der Waals surface area contributed by atoms with Crippen molar-refractivity contribution in [3.63, 3.8) is 0 Å². The second-order valence-electron chi connectivity index (χ2n) is 5.55. The van der Waals surface area contributed by atoms with Crippen LogP contribution in [-0.4, -0.2) is 17.3 Å². The average molecular weight is 231 g/mol. The molecule has 2 fully saturated rings. The van der Waals surface area contributed by atoms with Gasteiger partial charge in [-0.1, -0.05) is 43.2 Å². The predicted molar refractivity (Wildman–Crippen MR) is 68.7 cm³/mol. The summed E-state index contributed by atoms with van der Waals surface area (Å²) < 4.78 is 0. The fourth-order valence-electron chi connectivity index (χ4n) is 3.63. The summed E-state index contributed by atoms with van der Waals surface area (Å²) in [6.07, 6.45) is 5.51. The highest BCUT2D eigenvalue weighted by molar-refractivity contribution is 5.22. The minimum Gasteiger partial charge on any atom is -0.389 e. The summed E-state index contributed by atoms with van der Waals surface area (Å²) in [5, 5.41) is 14.4. The third-order valence-electron chi connectivity index (χ3n) is 4.55. The van der Waals surface area contributed by atoms with Gasteiger partial charge in [-0.15, -0.1) is 0 Å². The lowest BCUT2D eigenvalue weighted by Gasteiger charge is -2.48. The Balaban J connectivity index is 1.89. The van der Waals surface area contributed by atoms with E-state index in [0.29, 0.717) is 12.0 Å². The van der Waals surface area contributed by atoms with E-state index in [2.05, 4.69) is 35.6 Å². The van der Waals surface area contributed by atoms with Crippen LogP contribution in [0.3, 0.4) is 0 Å². The first-order valence-corrected chi connectivity index (χ1v) is 6.80. The summed E-state index contributed by atoms with van der Waals surface area (Å²) in [5.74, 6) is 0.396. The third kappa shape index (κ3) is 2.00. The van der Waals surface area contributed by atoms with Gasteiger partial charge in [-0.25, -0.2) is 0 Å². The van der Waals surface area contributed by atoms with Crippen molar-refractivity contribution < 1.29 is 5.11 Å². The number of aliphatic hydroxyl groups is 1. The Morgan fingerprint density at radius 3 is 2.76 bits per heavy atom. The van der Waals surface area contributed by atoms with Crippen LogP contribution in [0, 0.1) is 5.92 Å². The first-order chi connectivity index (χ1) is 8.30. The summed E-state index contributed by atoms with van der Waals surface area (Å²) in [7, 11) is 0. The maximum atomic E-state index is 10.8. The number of nitrogens with one attached hydrogen (secondary N) is 1. The fourth-order valence-corrected chi connectivity index (χ4v) is 3.63. The van der Waals surface area contributed by atoms with Crippen molar-refractivity contribution >= 4 is 0 Å². The van der Waals surface area contributed by atoms with Gasteiger partial charge in [0.25, 0.3) is 0 Å². The Hall–Kier alpha value is -0.860. The van der Waals surface area contributed by atoms with E-state index in [-0.39, 0.29) is 0 Å². The lowest BCUT2D eigenvalue weighted by atomic mass is 9.67. The van der Waals surface area contributed by atoms with Gasteiger partial charge < -0.3 is 10.4 Å². The zero-order valence-electron chi connectivity index (χ0n) is 10.2. The number of benzene rings is 1. The average Bonchev–Trinajstić information content (AvgIpc) is 2.38. The molecule has 17 heavy (non-hydrogen) atoms. The molecule has 3 atom stereocenters. The SMILES string of the molecule is O[C@@]12CCCC[C@@H]1[C@H](c1ccccc1)NCC2. The smallest absolute Gasteiger partial charge is 0.0706 e. The molecule has 1 aliphatic carbocycles. The van der Waals surface area contributed by atoms with Crippen LogP contribution >= 0.6 is 0 Å². The summed E-state index contributed by atoms with van der Waals surface area (Å²) in [6, 6.07) is 10.9. The number of fused-ring (bicyclic) bond motifs is 1. The van der Waals surface area contributed by atoms with E-state index in [1.807, 2.05) is 0 Å². The molecule has 0 amide bonds. The molecular formula is C15H21NO. The molecule has 1 aromatic rings. The molecule has 2 nitrogen and oxygen atoms in total. The van der Waals surface area contributed by atoms with Crippen molar-refractivity contribution in [1.29, 1.82) is 0 Å². The fraction of sp³-hybridized carbons (Fsp3) is 0.600. The number of hydrogen-bond acceptors (Lipinski definition) is 2. The minimum atomic E-state index is -0.413. The largest absolute Gasteiger partial charge is 0.389 e. The van der Waals surface area contributed by atoms with Crippen LogP contribution in [0.5, 0.6) is 0 Å². The van der Waals surface area contributed by atoms with Crippen LogP contribution in [-0.2, 0) is 0 Å². The van der Waals surface area contributed by atoms with E-state index in [1.54, 1.807) is 0 Å². The van der Waals surface area contributed by atoms with Gasteiger partial charge in [-0.3, -0.25) is 0 Å². The van der Waals surface area contributed by atoms with Gasteiger partial charge in [0.2, 0.25) is 0 Å². The van der Waals surface area contributed by atoms with E-state index in [4.69, 9.17) is 0 Å². The quantitative estimate of drug-likeness (QED) is 0.778. The molecule has 2 aliphatic rings. The monoisotopic (exact) mass is 231 g/mol. The Kier molecular flexibility index (Phi) is 2.93. The van der Waals surface area contributed by atoms with Gasteiger partial charge in [-0.05, 0) is 31.4 Å². The van der Waals surface area contributed by atoms with Crippen molar-refractivity contribution in [2.45, 2.75) is 43.7 Å². The standard InChI is InChI=1S/C15H21NO/c17-15-9-5-4-8-13(15)14(16-11-10-15)12-6-2-1-3-7-12/h1-3,6-7,13-14,16-17H,4-5,8-11H2/t13-,14+,15-/m1/s1. The van der Waals surface area contributed by atoms with Crippen molar-refractivity contribution in [3.05, 3.63) is 35.9 Å². The van der Waals surface area contributed by atoms with Gasteiger partial charge >= 0.3 is 0 Å². The molecule has 0 aromatic heterocycles. The molecule has 0 bridgehead atoms. The Morgan fingerprint density at radius 1 is 1.12 bits per heavy atom. The zero-order chi connectivity index (χ0) is 11.7. The first-order valence-electron chi connectivity index (χ1n) is 6.80. The molecule has 1 aromatic carbocycles. The van der Waals surface area contributed by atoms with Crippen LogP contribution in [0.1, 0.15) is 43.7 Å². The first kappa shape index (κ1) is 11.2. The van der Waals surface area contributed by atoms with Crippen molar-refractivity contribution in [1.82, 2.24) is 5.32 Å². The molecule has 0 unspecified atom stereocenters. The summed E-state index contributed by atoms with van der Waals surface area (Å²) in [4.78, 5) is 0. The minimum absolute atomic E-state index is 0.343. The molecule has 2 N–H and O–H groups in total. The van der Waals surface area contributed by atoms with Gasteiger partial charge in [-0.2, -0.15) is 0 Å². The van der Waals surface area contributed by atoms with E-state index in [9.17, 15) is 5.11 Å². The molecular weight excluding hydrogens is 210 g/mol. The molecule has 1 saturated heterocycles. The summed E-state index contributed by atoms with van der Waals surface area (Å²) in [6.45, 7) is 0.937. The third-order valence-corrected chi connectivity index (χ3v) is 4.55. The lowest BCUT2D eigenvalue weighted by molar-refractivity contribution is -0.0861. The maximum Gasteiger partial charge on any atom is 0.0706 e. The highest BCUT2D eigenvalue weighted by Gasteiger charge is 2.45. The van der Waals surface area contributed by atoms with Crippen molar-refractivity contribution in [3.8, 4) is 0 Å². The summed E-state index contributed by atoms with van der Waals surface area (Å²) >= 11 is 0. The highest BCUT2D eigenvalue weighted by atomic mass is 16.3.